The highest BCUT2D eigenvalue weighted by atomic mass is 32.2. The number of nitrogens with two attached hydrogens (primary N) is 1. The minimum Gasteiger partial charge on any atom is -0.384 e. The van der Waals surface area contributed by atoms with Gasteiger partial charge in [-0.25, -0.2) is 8.42 Å². The molecular formula is C10H11N5O2S. The summed E-state index contributed by atoms with van der Waals surface area (Å²) in [5.41, 5.74) is 6.12. The Balaban J connectivity index is 2.30. The molecule has 2 aromatic rings. The van der Waals surface area contributed by atoms with Gasteiger partial charge in [-0.05, 0) is 12.1 Å². The van der Waals surface area contributed by atoms with Gasteiger partial charge in [0.05, 0.1) is 6.20 Å². The molecule has 0 saturated heterocycles. The van der Waals surface area contributed by atoms with Gasteiger partial charge in [0.1, 0.15) is 10.7 Å². The third-order valence-electron chi connectivity index (χ3n) is 2.21. The lowest BCUT2D eigenvalue weighted by atomic mass is 10.2. The number of hydrogen-bond donors (Lipinski definition) is 4. The van der Waals surface area contributed by atoms with Crippen molar-refractivity contribution >= 4 is 21.5 Å². The number of aromatic amines is 1. The van der Waals surface area contributed by atoms with Crippen molar-refractivity contribution in [1.29, 1.82) is 5.41 Å². The number of aromatic nitrogens is 2. The Bertz CT molecular complexity index is 663. The van der Waals surface area contributed by atoms with Gasteiger partial charge in [0, 0.05) is 17.4 Å². The molecule has 0 fully saturated rings. The first-order valence-corrected chi connectivity index (χ1v) is 6.43. The molecule has 0 atom stereocenters. The largest absolute Gasteiger partial charge is 0.384 e. The molecule has 1 aromatic heterocycles. The van der Waals surface area contributed by atoms with Crippen molar-refractivity contribution in [3.05, 3.63) is 42.2 Å². The van der Waals surface area contributed by atoms with E-state index in [-0.39, 0.29) is 10.7 Å². The second-order valence-corrected chi connectivity index (χ2v) is 5.22. The van der Waals surface area contributed by atoms with Crippen LogP contribution in [0.5, 0.6) is 0 Å². The predicted molar refractivity (Wildman–Crippen MR) is 66.9 cm³/mol. The highest BCUT2D eigenvalue weighted by Gasteiger charge is 2.15. The first-order valence-electron chi connectivity index (χ1n) is 4.95. The summed E-state index contributed by atoms with van der Waals surface area (Å²) in [4.78, 5) is 0.0377. The second-order valence-electron chi connectivity index (χ2n) is 3.53. The molecule has 0 aliphatic heterocycles. The summed E-state index contributed by atoms with van der Waals surface area (Å²) >= 11 is 0. The van der Waals surface area contributed by atoms with Crippen molar-refractivity contribution < 1.29 is 8.42 Å². The zero-order chi connectivity index (χ0) is 13.2. The summed E-state index contributed by atoms with van der Waals surface area (Å²) in [5.74, 6) is -0.126. The standard InChI is InChI=1S/C10H11N5O2S/c11-10(12)7-2-1-3-8(4-7)15-18(16,17)9-5-13-14-6-9/h1-6,15H,(H3,11,12)(H,13,14). The molecule has 8 heteroatoms. The molecule has 18 heavy (non-hydrogen) atoms. The molecule has 2 rings (SSSR count). The molecule has 5 N–H and O–H groups in total. The SMILES string of the molecule is N=C(N)c1cccc(NS(=O)(=O)c2cn[nH]c2)c1. The Morgan fingerprint density at radius 2 is 2.22 bits per heavy atom. The number of nitrogens with zero attached hydrogens (tertiary/aromatic N) is 1. The number of rotatable bonds is 4. The first kappa shape index (κ1) is 12.1. The minimum atomic E-state index is -3.67. The summed E-state index contributed by atoms with van der Waals surface area (Å²) in [6.45, 7) is 0. The van der Waals surface area contributed by atoms with E-state index < -0.39 is 10.0 Å². The van der Waals surface area contributed by atoms with Gasteiger partial charge in [-0.3, -0.25) is 15.2 Å². The smallest absolute Gasteiger partial charge is 0.265 e. The fourth-order valence-corrected chi connectivity index (χ4v) is 2.30. The summed E-state index contributed by atoms with van der Waals surface area (Å²) in [6.07, 6.45) is 2.48. The van der Waals surface area contributed by atoms with Crippen molar-refractivity contribution in [2.45, 2.75) is 4.90 Å². The molecule has 0 saturated carbocycles. The number of hydrogen-bond acceptors (Lipinski definition) is 4. The van der Waals surface area contributed by atoms with Crippen molar-refractivity contribution in [3.8, 4) is 0 Å². The zero-order valence-corrected chi connectivity index (χ0v) is 10.0. The van der Waals surface area contributed by atoms with Crippen molar-refractivity contribution in [1.82, 2.24) is 10.2 Å². The van der Waals surface area contributed by atoms with E-state index in [1.165, 1.54) is 18.5 Å². The van der Waals surface area contributed by atoms with Gasteiger partial charge in [0.2, 0.25) is 0 Å². The van der Waals surface area contributed by atoms with E-state index in [0.29, 0.717) is 11.3 Å². The number of H-pyrrole nitrogens is 1. The maximum Gasteiger partial charge on any atom is 0.265 e. The molecule has 0 aliphatic carbocycles. The molecule has 1 heterocycles. The van der Waals surface area contributed by atoms with E-state index in [9.17, 15) is 8.42 Å². The molecule has 0 amide bonds. The van der Waals surface area contributed by atoms with E-state index >= 15 is 0 Å². The Hall–Kier alpha value is -2.35. The number of sulfonamides is 1. The fraction of sp³-hybridized carbons (Fsp3) is 0. The van der Waals surface area contributed by atoms with Crippen LogP contribution in [-0.2, 0) is 10.0 Å². The fourth-order valence-electron chi connectivity index (χ4n) is 1.35. The van der Waals surface area contributed by atoms with Crippen LogP contribution < -0.4 is 10.5 Å². The van der Waals surface area contributed by atoms with Gasteiger partial charge in [-0.2, -0.15) is 5.10 Å². The van der Waals surface area contributed by atoms with Crippen LogP contribution >= 0.6 is 0 Å². The number of anilines is 1. The van der Waals surface area contributed by atoms with Gasteiger partial charge >= 0.3 is 0 Å². The van der Waals surface area contributed by atoms with E-state index in [1.807, 2.05) is 0 Å². The molecule has 0 spiro atoms. The molecular weight excluding hydrogens is 254 g/mol. The maximum atomic E-state index is 11.9. The Labute approximate surface area is 104 Å². The Morgan fingerprint density at radius 3 is 2.83 bits per heavy atom. The summed E-state index contributed by atoms with van der Waals surface area (Å²) in [5, 5.41) is 13.3. The number of nitrogens with one attached hydrogen (secondary N) is 3. The topological polar surface area (TPSA) is 125 Å². The van der Waals surface area contributed by atoms with E-state index in [2.05, 4.69) is 14.9 Å². The second kappa shape index (κ2) is 4.49. The Kier molecular flexibility index (Phi) is 3.02. The van der Waals surface area contributed by atoms with E-state index in [4.69, 9.17) is 11.1 Å². The van der Waals surface area contributed by atoms with Gasteiger partial charge in [0.15, 0.2) is 0 Å². The Morgan fingerprint density at radius 1 is 1.44 bits per heavy atom. The lowest BCUT2D eigenvalue weighted by molar-refractivity contribution is 0.601. The summed E-state index contributed by atoms with van der Waals surface area (Å²) < 4.78 is 26.2. The minimum absolute atomic E-state index is 0.0377. The van der Waals surface area contributed by atoms with Crippen LogP contribution in [0.4, 0.5) is 5.69 Å². The highest BCUT2D eigenvalue weighted by molar-refractivity contribution is 7.92. The molecule has 1 aromatic carbocycles. The lowest BCUT2D eigenvalue weighted by Gasteiger charge is -2.07. The molecule has 0 unspecified atom stereocenters. The number of benzene rings is 1. The summed E-state index contributed by atoms with van der Waals surface area (Å²) in [7, 11) is -3.67. The van der Waals surface area contributed by atoms with E-state index in [1.54, 1.807) is 18.2 Å². The third kappa shape index (κ3) is 2.48. The van der Waals surface area contributed by atoms with Gasteiger partial charge in [-0.1, -0.05) is 12.1 Å². The number of nitrogen functional groups attached to an aromatic ring is 1. The molecule has 0 aliphatic rings. The van der Waals surface area contributed by atoms with Crippen LogP contribution in [0.25, 0.3) is 0 Å². The predicted octanol–water partition coefficient (Wildman–Crippen LogP) is 0.495. The maximum absolute atomic E-state index is 11.9. The van der Waals surface area contributed by atoms with Crippen LogP contribution in [0.2, 0.25) is 0 Å². The van der Waals surface area contributed by atoms with Crippen LogP contribution in [-0.4, -0.2) is 24.5 Å². The van der Waals surface area contributed by atoms with Gasteiger partial charge in [-0.15, -0.1) is 0 Å². The lowest BCUT2D eigenvalue weighted by Crippen LogP contribution is -2.14. The molecule has 7 nitrogen and oxygen atoms in total. The van der Waals surface area contributed by atoms with Crippen molar-refractivity contribution in [3.63, 3.8) is 0 Å². The van der Waals surface area contributed by atoms with Gasteiger partial charge in [0.25, 0.3) is 10.0 Å². The average molecular weight is 265 g/mol. The van der Waals surface area contributed by atoms with E-state index in [0.717, 1.165) is 0 Å². The highest BCUT2D eigenvalue weighted by Crippen LogP contribution is 2.15. The van der Waals surface area contributed by atoms with Crippen molar-refractivity contribution in [2.24, 2.45) is 5.73 Å². The monoisotopic (exact) mass is 265 g/mol. The quantitative estimate of drug-likeness (QED) is 0.474. The van der Waals surface area contributed by atoms with Crippen LogP contribution in [0.3, 0.4) is 0 Å². The zero-order valence-electron chi connectivity index (χ0n) is 9.21. The normalized spacial score (nSPS) is 11.1. The van der Waals surface area contributed by atoms with Crippen LogP contribution in [0.1, 0.15) is 5.56 Å². The molecule has 0 radical (unpaired) electrons. The van der Waals surface area contributed by atoms with Crippen molar-refractivity contribution in [2.75, 3.05) is 4.72 Å². The third-order valence-corrected chi connectivity index (χ3v) is 3.56. The van der Waals surface area contributed by atoms with Crippen LogP contribution in [0.15, 0.2) is 41.6 Å². The van der Waals surface area contributed by atoms with Gasteiger partial charge < -0.3 is 5.73 Å². The first-order chi connectivity index (χ1) is 8.49. The average Bonchev–Trinajstić information content (AvgIpc) is 2.82. The molecule has 0 bridgehead atoms. The molecule has 94 valence electrons. The number of amidine groups is 1. The summed E-state index contributed by atoms with van der Waals surface area (Å²) in [6, 6.07) is 6.30. The van der Waals surface area contributed by atoms with Crippen LogP contribution in [0, 0.1) is 5.41 Å².